The quantitative estimate of drug-likeness (QED) is 0.739. The second-order valence-corrected chi connectivity index (χ2v) is 5.82. The van der Waals surface area contributed by atoms with Gasteiger partial charge >= 0.3 is 0 Å². The van der Waals surface area contributed by atoms with Gasteiger partial charge < -0.3 is 15.6 Å². The Bertz CT molecular complexity index is 216. The Morgan fingerprint density at radius 1 is 1.50 bits per heavy atom. The third-order valence-corrected chi connectivity index (χ3v) is 3.34. The van der Waals surface area contributed by atoms with Crippen LogP contribution in [-0.2, 0) is 4.74 Å². The van der Waals surface area contributed by atoms with Crippen LogP contribution < -0.4 is 5.73 Å². The second kappa shape index (κ2) is 5.45. The van der Waals surface area contributed by atoms with Crippen LogP contribution in [0.2, 0.25) is 0 Å². The molecule has 3 unspecified atom stereocenters. The largest absolute Gasteiger partial charge is 0.395 e. The number of hydrogen-bond acceptors (Lipinski definition) is 4. The molecule has 1 saturated heterocycles. The Morgan fingerprint density at radius 3 is 2.56 bits per heavy atom. The minimum Gasteiger partial charge on any atom is -0.395 e. The first-order valence-corrected chi connectivity index (χ1v) is 6.08. The van der Waals surface area contributed by atoms with Gasteiger partial charge in [0.2, 0.25) is 0 Å². The molecule has 0 bridgehead atoms. The Morgan fingerprint density at radius 2 is 2.12 bits per heavy atom. The molecule has 0 spiro atoms. The Kier molecular flexibility index (Phi) is 4.73. The summed E-state index contributed by atoms with van der Waals surface area (Å²) in [5.41, 5.74) is 6.25. The van der Waals surface area contributed by atoms with E-state index in [0.29, 0.717) is 0 Å². The predicted octanol–water partition coefficient (Wildman–Crippen LogP) is 0.441. The highest BCUT2D eigenvalue weighted by atomic mass is 16.5. The van der Waals surface area contributed by atoms with Crippen LogP contribution in [-0.4, -0.2) is 54.5 Å². The number of ether oxygens (including phenoxy) is 1. The predicted molar refractivity (Wildman–Crippen MR) is 65.3 cm³/mol. The zero-order valence-corrected chi connectivity index (χ0v) is 10.9. The van der Waals surface area contributed by atoms with Crippen LogP contribution in [0.5, 0.6) is 0 Å². The first-order valence-electron chi connectivity index (χ1n) is 6.08. The topological polar surface area (TPSA) is 58.7 Å². The van der Waals surface area contributed by atoms with E-state index in [-0.39, 0.29) is 30.2 Å². The van der Waals surface area contributed by atoms with Gasteiger partial charge in [0.05, 0.1) is 19.3 Å². The summed E-state index contributed by atoms with van der Waals surface area (Å²) in [6.07, 6.45) is 0.231. The van der Waals surface area contributed by atoms with Gasteiger partial charge in [-0.25, -0.2) is 0 Å². The van der Waals surface area contributed by atoms with Gasteiger partial charge in [0.1, 0.15) is 0 Å². The lowest BCUT2D eigenvalue weighted by molar-refractivity contribution is -0.0533. The van der Waals surface area contributed by atoms with Gasteiger partial charge in [-0.3, -0.25) is 4.90 Å². The SMILES string of the molecule is CC1CN(C(CO)C(N)C(C)(C)C)CCO1. The van der Waals surface area contributed by atoms with Gasteiger partial charge in [0.15, 0.2) is 0 Å². The molecule has 0 amide bonds. The van der Waals surface area contributed by atoms with Crippen LogP contribution in [0.4, 0.5) is 0 Å². The molecule has 1 aliphatic rings. The number of hydrogen-bond donors (Lipinski definition) is 2. The monoisotopic (exact) mass is 230 g/mol. The molecule has 0 aromatic rings. The normalized spacial score (nSPS) is 27.8. The number of aliphatic hydroxyl groups excluding tert-OH is 1. The number of morpholine rings is 1. The summed E-state index contributed by atoms with van der Waals surface area (Å²) >= 11 is 0. The highest BCUT2D eigenvalue weighted by Gasteiger charge is 2.34. The molecule has 0 saturated carbocycles. The third-order valence-electron chi connectivity index (χ3n) is 3.34. The minimum absolute atomic E-state index is 0.00887. The molecule has 1 fully saturated rings. The number of rotatable bonds is 3. The van der Waals surface area contributed by atoms with Crippen molar-refractivity contribution in [1.29, 1.82) is 0 Å². The van der Waals surface area contributed by atoms with Crippen LogP contribution in [0.25, 0.3) is 0 Å². The molecule has 16 heavy (non-hydrogen) atoms. The van der Waals surface area contributed by atoms with Crippen molar-refractivity contribution >= 4 is 0 Å². The summed E-state index contributed by atoms with van der Waals surface area (Å²) in [5, 5.41) is 9.54. The summed E-state index contributed by atoms with van der Waals surface area (Å²) in [7, 11) is 0. The average Bonchev–Trinajstić information content (AvgIpc) is 2.17. The Balaban J connectivity index is 2.66. The van der Waals surface area contributed by atoms with E-state index in [1.54, 1.807) is 0 Å². The number of aliphatic hydroxyl groups is 1. The van der Waals surface area contributed by atoms with E-state index in [0.717, 1.165) is 19.7 Å². The number of nitrogens with zero attached hydrogens (tertiary/aromatic N) is 1. The molecule has 0 aromatic carbocycles. The van der Waals surface area contributed by atoms with Crippen LogP contribution in [0.3, 0.4) is 0 Å². The smallest absolute Gasteiger partial charge is 0.0674 e. The summed E-state index contributed by atoms with van der Waals surface area (Å²) in [6.45, 7) is 11.0. The molecular formula is C12H26N2O2. The fraction of sp³-hybridized carbons (Fsp3) is 1.00. The van der Waals surface area contributed by atoms with Crippen LogP contribution in [0.1, 0.15) is 27.7 Å². The van der Waals surface area contributed by atoms with E-state index in [9.17, 15) is 5.11 Å². The van der Waals surface area contributed by atoms with Gasteiger partial charge in [0, 0.05) is 25.2 Å². The van der Waals surface area contributed by atoms with Crippen molar-refractivity contribution in [2.45, 2.75) is 45.9 Å². The van der Waals surface area contributed by atoms with Crippen molar-refractivity contribution in [3.05, 3.63) is 0 Å². The molecule has 4 heteroatoms. The zero-order valence-electron chi connectivity index (χ0n) is 10.9. The van der Waals surface area contributed by atoms with Gasteiger partial charge in [-0.1, -0.05) is 20.8 Å². The maximum absolute atomic E-state index is 9.54. The summed E-state index contributed by atoms with van der Waals surface area (Å²) < 4.78 is 5.50. The van der Waals surface area contributed by atoms with Crippen LogP contribution in [0, 0.1) is 5.41 Å². The molecule has 1 aliphatic heterocycles. The molecule has 0 radical (unpaired) electrons. The lowest BCUT2D eigenvalue weighted by Gasteiger charge is -2.43. The van der Waals surface area contributed by atoms with Crippen molar-refractivity contribution in [1.82, 2.24) is 4.90 Å². The fourth-order valence-corrected chi connectivity index (χ4v) is 2.18. The maximum Gasteiger partial charge on any atom is 0.0674 e. The summed E-state index contributed by atoms with van der Waals surface area (Å²) in [6, 6.07) is 0.00847. The van der Waals surface area contributed by atoms with Crippen molar-refractivity contribution in [2.24, 2.45) is 11.1 Å². The maximum atomic E-state index is 9.54. The van der Waals surface area contributed by atoms with Gasteiger partial charge in [-0.2, -0.15) is 0 Å². The molecule has 3 N–H and O–H groups in total. The van der Waals surface area contributed by atoms with Gasteiger partial charge in [-0.05, 0) is 12.3 Å². The van der Waals surface area contributed by atoms with Crippen molar-refractivity contribution < 1.29 is 9.84 Å². The Labute approximate surface area is 98.8 Å². The summed E-state index contributed by atoms with van der Waals surface area (Å²) in [4.78, 5) is 2.25. The first-order chi connectivity index (χ1) is 7.36. The van der Waals surface area contributed by atoms with E-state index in [2.05, 4.69) is 32.6 Å². The molecule has 0 aromatic heterocycles. The van der Waals surface area contributed by atoms with E-state index in [1.165, 1.54) is 0 Å². The molecule has 96 valence electrons. The molecule has 3 atom stereocenters. The van der Waals surface area contributed by atoms with Crippen LogP contribution in [0.15, 0.2) is 0 Å². The van der Waals surface area contributed by atoms with Crippen molar-refractivity contribution in [3.8, 4) is 0 Å². The molecule has 0 aliphatic carbocycles. The fourth-order valence-electron chi connectivity index (χ4n) is 2.18. The molecular weight excluding hydrogens is 204 g/mol. The highest BCUT2D eigenvalue weighted by molar-refractivity contribution is 4.91. The molecule has 1 heterocycles. The molecule has 4 nitrogen and oxygen atoms in total. The standard InChI is InChI=1S/C12H26N2O2/c1-9-7-14(5-6-16-9)10(8-15)11(13)12(2,3)4/h9-11,15H,5-8,13H2,1-4H3. The molecule has 1 rings (SSSR count). The van der Waals surface area contributed by atoms with E-state index < -0.39 is 0 Å². The van der Waals surface area contributed by atoms with Gasteiger partial charge in [-0.15, -0.1) is 0 Å². The Hall–Kier alpha value is -0.160. The van der Waals surface area contributed by atoms with Gasteiger partial charge in [0.25, 0.3) is 0 Å². The lowest BCUT2D eigenvalue weighted by atomic mass is 9.82. The third kappa shape index (κ3) is 3.42. The average molecular weight is 230 g/mol. The first kappa shape index (κ1) is 13.9. The zero-order chi connectivity index (χ0) is 12.3. The lowest BCUT2D eigenvalue weighted by Crippen LogP contribution is -2.59. The van der Waals surface area contributed by atoms with Crippen molar-refractivity contribution in [3.63, 3.8) is 0 Å². The van der Waals surface area contributed by atoms with E-state index in [4.69, 9.17) is 10.5 Å². The van der Waals surface area contributed by atoms with E-state index in [1.807, 2.05) is 0 Å². The van der Waals surface area contributed by atoms with Crippen molar-refractivity contribution in [2.75, 3.05) is 26.3 Å². The second-order valence-electron chi connectivity index (χ2n) is 5.82. The van der Waals surface area contributed by atoms with E-state index >= 15 is 0 Å². The highest BCUT2D eigenvalue weighted by Crippen LogP contribution is 2.23. The minimum atomic E-state index is -0.0252. The number of nitrogens with two attached hydrogens (primary N) is 1. The summed E-state index contributed by atoms with van der Waals surface area (Å²) in [5.74, 6) is 0. The van der Waals surface area contributed by atoms with Crippen LogP contribution >= 0.6 is 0 Å².